The third-order valence-electron chi connectivity index (χ3n) is 2.72. The Balaban J connectivity index is 2.71. The number of esters is 1. The Morgan fingerprint density at radius 2 is 2.15 bits per heavy atom. The number of nitrogens with one attached hydrogen (secondary N) is 1. The predicted octanol–water partition coefficient (Wildman–Crippen LogP) is 0.526. The molecular formula is C13H16N2O5. The number of nitrogens with zero attached hydrogens (tertiary/aromatic N) is 1. The summed E-state index contributed by atoms with van der Waals surface area (Å²) in [6.07, 6.45) is 1.42. The third-order valence-corrected chi connectivity index (χ3v) is 2.72. The molecule has 0 fully saturated rings. The molecule has 1 atom stereocenters. The van der Waals surface area contributed by atoms with Crippen LogP contribution in [0.1, 0.15) is 28.9 Å². The second kappa shape index (κ2) is 7.22. The molecule has 0 bridgehead atoms. The molecule has 108 valence electrons. The van der Waals surface area contributed by atoms with E-state index >= 15 is 0 Å². The molecule has 0 radical (unpaired) electrons. The van der Waals surface area contributed by atoms with Gasteiger partial charge in [0, 0.05) is 18.3 Å². The fourth-order valence-electron chi connectivity index (χ4n) is 1.58. The summed E-state index contributed by atoms with van der Waals surface area (Å²) in [5.41, 5.74) is 0.805. The summed E-state index contributed by atoms with van der Waals surface area (Å²) in [5.74, 6) is -2.26. The van der Waals surface area contributed by atoms with Crippen molar-refractivity contribution >= 4 is 17.8 Å². The molecule has 0 aliphatic heterocycles. The molecule has 2 N–H and O–H groups in total. The first kappa shape index (κ1) is 15.6. The molecule has 0 aliphatic rings. The van der Waals surface area contributed by atoms with Crippen LogP contribution in [0, 0.1) is 6.92 Å². The summed E-state index contributed by atoms with van der Waals surface area (Å²) < 4.78 is 4.43. The lowest BCUT2D eigenvalue weighted by Gasteiger charge is -2.14. The zero-order valence-electron chi connectivity index (χ0n) is 11.3. The number of carboxylic acid groups (broad SMARTS) is 1. The molecule has 0 saturated heterocycles. The van der Waals surface area contributed by atoms with Crippen molar-refractivity contribution in [1.29, 1.82) is 0 Å². The second-order valence-corrected chi connectivity index (χ2v) is 4.12. The number of ether oxygens (including phenoxy) is 1. The lowest BCUT2D eigenvalue weighted by Crippen LogP contribution is -2.41. The standard InChI is InChI=1S/C13H16N2O5/c1-8-9(4-3-7-14-8)12(17)15-10(13(18)19)5-6-11(16)20-2/h3-4,7,10H,5-6H2,1-2H3,(H,15,17)(H,18,19)/t10-/m0/s1. The smallest absolute Gasteiger partial charge is 0.326 e. The first-order valence-corrected chi connectivity index (χ1v) is 5.97. The van der Waals surface area contributed by atoms with Crippen LogP contribution >= 0.6 is 0 Å². The van der Waals surface area contributed by atoms with Crippen molar-refractivity contribution in [2.75, 3.05) is 7.11 Å². The average Bonchev–Trinajstić information content (AvgIpc) is 2.42. The number of hydrogen-bond acceptors (Lipinski definition) is 5. The zero-order chi connectivity index (χ0) is 15.1. The number of aliphatic carboxylic acids is 1. The molecule has 7 nitrogen and oxygen atoms in total. The van der Waals surface area contributed by atoms with E-state index in [-0.39, 0.29) is 12.8 Å². The summed E-state index contributed by atoms with van der Waals surface area (Å²) in [6, 6.07) is 1.99. The molecule has 1 heterocycles. The largest absolute Gasteiger partial charge is 0.480 e. The van der Waals surface area contributed by atoms with Crippen LogP contribution in [0.2, 0.25) is 0 Å². The number of carbonyl (C=O) groups excluding carboxylic acids is 2. The molecular weight excluding hydrogens is 264 g/mol. The molecule has 0 aliphatic carbocycles. The van der Waals surface area contributed by atoms with Gasteiger partial charge in [-0.1, -0.05) is 0 Å². The van der Waals surface area contributed by atoms with Crippen molar-refractivity contribution in [3.05, 3.63) is 29.6 Å². The van der Waals surface area contributed by atoms with E-state index in [1.54, 1.807) is 19.1 Å². The van der Waals surface area contributed by atoms with Crippen molar-refractivity contribution < 1.29 is 24.2 Å². The number of pyridine rings is 1. The van der Waals surface area contributed by atoms with Crippen LogP contribution in [0.15, 0.2) is 18.3 Å². The van der Waals surface area contributed by atoms with Crippen LogP contribution < -0.4 is 5.32 Å². The Hall–Kier alpha value is -2.44. The average molecular weight is 280 g/mol. The summed E-state index contributed by atoms with van der Waals surface area (Å²) in [5, 5.41) is 11.4. The van der Waals surface area contributed by atoms with Crippen molar-refractivity contribution in [3.63, 3.8) is 0 Å². The molecule has 0 spiro atoms. The van der Waals surface area contributed by atoms with E-state index in [4.69, 9.17) is 5.11 Å². The van der Waals surface area contributed by atoms with E-state index < -0.39 is 23.9 Å². The Morgan fingerprint density at radius 1 is 1.45 bits per heavy atom. The Bertz CT molecular complexity index is 515. The topological polar surface area (TPSA) is 106 Å². The number of methoxy groups -OCH3 is 1. The monoisotopic (exact) mass is 280 g/mol. The lowest BCUT2D eigenvalue weighted by atomic mass is 10.1. The zero-order valence-corrected chi connectivity index (χ0v) is 11.3. The van der Waals surface area contributed by atoms with Crippen molar-refractivity contribution in [1.82, 2.24) is 10.3 Å². The van der Waals surface area contributed by atoms with Gasteiger partial charge in [-0.05, 0) is 25.5 Å². The minimum atomic E-state index is -1.20. The Kier molecular flexibility index (Phi) is 5.64. The second-order valence-electron chi connectivity index (χ2n) is 4.12. The van der Waals surface area contributed by atoms with Crippen LogP contribution in [0.4, 0.5) is 0 Å². The van der Waals surface area contributed by atoms with E-state index in [1.165, 1.54) is 13.3 Å². The van der Waals surface area contributed by atoms with Crippen molar-refractivity contribution in [2.45, 2.75) is 25.8 Å². The number of aromatic nitrogens is 1. The number of hydrogen-bond donors (Lipinski definition) is 2. The molecule has 0 unspecified atom stereocenters. The van der Waals surface area contributed by atoms with E-state index in [0.29, 0.717) is 11.3 Å². The van der Waals surface area contributed by atoms with Crippen LogP contribution in [-0.2, 0) is 14.3 Å². The SMILES string of the molecule is COC(=O)CC[C@H](NC(=O)c1cccnc1C)C(=O)O. The van der Waals surface area contributed by atoms with Gasteiger partial charge in [0.2, 0.25) is 0 Å². The highest BCUT2D eigenvalue weighted by molar-refractivity contribution is 5.97. The van der Waals surface area contributed by atoms with E-state index in [2.05, 4.69) is 15.0 Å². The maximum atomic E-state index is 12.0. The van der Waals surface area contributed by atoms with Crippen LogP contribution in [0.3, 0.4) is 0 Å². The molecule has 0 aromatic carbocycles. The summed E-state index contributed by atoms with van der Waals surface area (Å²) in [4.78, 5) is 38.0. The van der Waals surface area contributed by atoms with E-state index in [1.807, 2.05) is 0 Å². The summed E-state index contributed by atoms with van der Waals surface area (Å²) >= 11 is 0. The molecule has 1 amide bonds. The number of carboxylic acids is 1. The van der Waals surface area contributed by atoms with Crippen LogP contribution in [-0.4, -0.2) is 41.1 Å². The van der Waals surface area contributed by atoms with Crippen molar-refractivity contribution in [3.8, 4) is 0 Å². The molecule has 1 aromatic rings. The van der Waals surface area contributed by atoms with E-state index in [0.717, 1.165) is 0 Å². The molecule has 1 rings (SSSR count). The molecule has 1 aromatic heterocycles. The number of rotatable bonds is 6. The summed E-state index contributed by atoms with van der Waals surface area (Å²) in [7, 11) is 1.22. The first-order valence-electron chi connectivity index (χ1n) is 5.97. The maximum Gasteiger partial charge on any atom is 0.326 e. The molecule has 20 heavy (non-hydrogen) atoms. The Morgan fingerprint density at radius 3 is 2.70 bits per heavy atom. The van der Waals surface area contributed by atoms with Gasteiger partial charge in [0.1, 0.15) is 6.04 Å². The highest BCUT2D eigenvalue weighted by Crippen LogP contribution is 2.06. The molecule has 7 heteroatoms. The van der Waals surface area contributed by atoms with Gasteiger partial charge in [0.25, 0.3) is 5.91 Å². The maximum absolute atomic E-state index is 12.0. The lowest BCUT2D eigenvalue weighted by molar-refractivity contribution is -0.142. The fraction of sp³-hybridized carbons (Fsp3) is 0.385. The first-order chi connectivity index (χ1) is 9.45. The minimum Gasteiger partial charge on any atom is -0.480 e. The summed E-state index contributed by atoms with van der Waals surface area (Å²) in [6.45, 7) is 1.65. The van der Waals surface area contributed by atoms with Gasteiger partial charge in [-0.25, -0.2) is 4.79 Å². The van der Waals surface area contributed by atoms with Gasteiger partial charge in [-0.3, -0.25) is 14.6 Å². The molecule has 0 saturated carbocycles. The van der Waals surface area contributed by atoms with Gasteiger partial charge in [-0.15, -0.1) is 0 Å². The fourth-order valence-corrected chi connectivity index (χ4v) is 1.58. The number of aryl methyl sites for hydroxylation is 1. The van der Waals surface area contributed by atoms with Gasteiger partial charge in [0.05, 0.1) is 12.7 Å². The highest BCUT2D eigenvalue weighted by atomic mass is 16.5. The number of amides is 1. The van der Waals surface area contributed by atoms with Crippen LogP contribution in [0.25, 0.3) is 0 Å². The van der Waals surface area contributed by atoms with Gasteiger partial charge in [0.15, 0.2) is 0 Å². The van der Waals surface area contributed by atoms with Crippen LogP contribution in [0.5, 0.6) is 0 Å². The predicted molar refractivity (Wildman–Crippen MR) is 69.1 cm³/mol. The number of carbonyl (C=O) groups is 3. The Labute approximate surface area is 116 Å². The van der Waals surface area contributed by atoms with Gasteiger partial charge < -0.3 is 15.2 Å². The normalized spacial score (nSPS) is 11.5. The van der Waals surface area contributed by atoms with E-state index in [9.17, 15) is 14.4 Å². The van der Waals surface area contributed by atoms with Crippen molar-refractivity contribution in [2.24, 2.45) is 0 Å². The quantitative estimate of drug-likeness (QED) is 0.736. The van der Waals surface area contributed by atoms with Gasteiger partial charge >= 0.3 is 11.9 Å². The minimum absolute atomic E-state index is 0.0347. The van der Waals surface area contributed by atoms with Gasteiger partial charge in [-0.2, -0.15) is 0 Å². The third kappa shape index (κ3) is 4.34. The highest BCUT2D eigenvalue weighted by Gasteiger charge is 2.22.